The highest BCUT2D eigenvalue weighted by Crippen LogP contribution is 2.27. The van der Waals surface area contributed by atoms with E-state index < -0.39 is 0 Å². The highest BCUT2D eigenvalue weighted by Gasteiger charge is 2.11. The highest BCUT2D eigenvalue weighted by atomic mass is 32.1. The van der Waals surface area contributed by atoms with Crippen molar-refractivity contribution >= 4 is 22.4 Å². The van der Waals surface area contributed by atoms with Gasteiger partial charge in [-0.25, -0.2) is 4.98 Å². The van der Waals surface area contributed by atoms with E-state index >= 15 is 0 Å². The molecule has 0 saturated carbocycles. The Morgan fingerprint density at radius 1 is 1.00 bits per heavy atom. The van der Waals surface area contributed by atoms with Gasteiger partial charge in [-0.2, -0.15) is 0 Å². The summed E-state index contributed by atoms with van der Waals surface area (Å²) >= 11 is 1.45. The average molecular weight is 379 g/mol. The zero-order chi connectivity index (χ0) is 19.4. The zero-order valence-corrected chi connectivity index (χ0v) is 17.1. The molecule has 0 saturated heterocycles. The van der Waals surface area contributed by atoms with Crippen LogP contribution in [0, 0.1) is 0 Å². The molecule has 1 aromatic heterocycles. The van der Waals surface area contributed by atoms with Crippen LogP contribution in [0.1, 0.15) is 67.4 Å². The molecule has 0 radical (unpaired) electrons. The minimum absolute atomic E-state index is 0.127. The van der Waals surface area contributed by atoms with Crippen LogP contribution in [0.3, 0.4) is 0 Å². The molecule has 1 amide bonds. The monoisotopic (exact) mass is 378 g/mol. The Labute approximate surface area is 165 Å². The molecule has 140 valence electrons. The van der Waals surface area contributed by atoms with Gasteiger partial charge in [-0.15, -0.1) is 11.3 Å². The van der Waals surface area contributed by atoms with E-state index in [0.717, 1.165) is 17.7 Å². The summed E-state index contributed by atoms with van der Waals surface area (Å²) in [6.07, 6.45) is 1.13. The second-order valence-electron chi connectivity index (χ2n) is 7.20. The van der Waals surface area contributed by atoms with E-state index in [2.05, 4.69) is 62.3 Å². The number of thiazole rings is 1. The molecule has 0 aliphatic carbocycles. The molecule has 1 N–H and O–H groups in total. The molecule has 3 aromatic rings. The van der Waals surface area contributed by atoms with Gasteiger partial charge in [0.2, 0.25) is 0 Å². The lowest BCUT2D eigenvalue weighted by atomic mass is 9.97. The van der Waals surface area contributed by atoms with Crippen molar-refractivity contribution in [3.63, 3.8) is 0 Å². The number of anilines is 1. The maximum Gasteiger partial charge on any atom is 0.257 e. The van der Waals surface area contributed by atoms with Crippen molar-refractivity contribution in [1.29, 1.82) is 0 Å². The second kappa shape index (κ2) is 8.49. The predicted molar refractivity (Wildman–Crippen MR) is 115 cm³/mol. The minimum Gasteiger partial charge on any atom is -0.298 e. The summed E-state index contributed by atoms with van der Waals surface area (Å²) in [5.41, 5.74) is 5.18. The number of benzene rings is 2. The third kappa shape index (κ3) is 4.64. The van der Waals surface area contributed by atoms with Gasteiger partial charge in [-0.3, -0.25) is 10.1 Å². The zero-order valence-electron chi connectivity index (χ0n) is 16.3. The summed E-state index contributed by atoms with van der Waals surface area (Å²) in [5.74, 6) is 0.889. The molecule has 1 heterocycles. The Kier molecular flexibility index (Phi) is 6.07. The first-order valence-corrected chi connectivity index (χ1v) is 10.3. The van der Waals surface area contributed by atoms with Gasteiger partial charge in [0.1, 0.15) is 0 Å². The van der Waals surface area contributed by atoms with Crippen LogP contribution in [-0.4, -0.2) is 10.9 Å². The van der Waals surface area contributed by atoms with E-state index in [1.807, 2.05) is 29.6 Å². The summed E-state index contributed by atoms with van der Waals surface area (Å²) < 4.78 is 0. The Bertz CT molecular complexity index is 895. The molecule has 1 unspecified atom stereocenters. The molecule has 1 atom stereocenters. The summed E-state index contributed by atoms with van der Waals surface area (Å²) in [4.78, 5) is 17.0. The van der Waals surface area contributed by atoms with Crippen molar-refractivity contribution in [2.24, 2.45) is 0 Å². The maximum absolute atomic E-state index is 12.4. The van der Waals surface area contributed by atoms with Gasteiger partial charge >= 0.3 is 0 Å². The van der Waals surface area contributed by atoms with Crippen LogP contribution >= 0.6 is 11.3 Å². The van der Waals surface area contributed by atoms with Gasteiger partial charge in [-0.05, 0) is 41.5 Å². The number of carbonyl (C=O) groups is 1. The van der Waals surface area contributed by atoms with Crippen molar-refractivity contribution in [2.75, 3.05) is 5.32 Å². The molecule has 3 rings (SSSR count). The van der Waals surface area contributed by atoms with Gasteiger partial charge in [0.15, 0.2) is 5.13 Å². The lowest BCUT2D eigenvalue weighted by Gasteiger charge is -2.09. The molecule has 3 nitrogen and oxygen atoms in total. The number of hydrogen-bond donors (Lipinski definition) is 1. The lowest BCUT2D eigenvalue weighted by Crippen LogP contribution is -2.11. The van der Waals surface area contributed by atoms with Gasteiger partial charge in [0.05, 0.1) is 5.69 Å². The third-order valence-electron chi connectivity index (χ3n) is 4.95. The molecule has 0 bridgehead atoms. The first-order valence-electron chi connectivity index (χ1n) is 9.45. The topological polar surface area (TPSA) is 42.0 Å². The number of aromatic nitrogens is 1. The number of rotatable bonds is 6. The van der Waals surface area contributed by atoms with E-state index in [0.29, 0.717) is 22.5 Å². The molecular weight excluding hydrogens is 352 g/mol. The Morgan fingerprint density at radius 3 is 2.22 bits per heavy atom. The maximum atomic E-state index is 12.4. The summed E-state index contributed by atoms with van der Waals surface area (Å²) in [6, 6.07) is 16.3. The van der Waals surface area contributed by atoms with E-state index in [1.54, 1.807) is 0 Å². The minimum atomic E-state index is -0.127. The Hall–Kier alpha value is -2.46. The van der Waals surface area contributed by atoms with E-state index in [-0.39, 0.29) is 5.91 Å². The summed E-state index contributed by atoms with van der Waals surface area (Å²) in [6.45, 7) is 8.72. The third-order valence-corrected chi connectivity index (χ3v) is 5.71. The highest BCUT2D eigenvalue weighted by molar-refractivity contribution is 7.14. The number of carbonyl (C=O) groups excluding carboxylic acids is 1. The standard InChI is InChI=1S/C23H26N2OS/c1-5-16(4)18-8-10-19(11-9-18)21-14-27-23(24-21)25-22(26)20-12-6-17(7-13-20)15(2)3/h6-16H,5H2,1-4H3,(H,24,25,26). The van der Waals surface area contributed by atoms with Crippen LogP contribution in [0.25, 0.3) is 11.3 Å². The van der Waals surface area contributed by atoms with Gasteiger partial charge in [0.25, 0.3) is 5.91 Å². The predicted octanol–water partition coefficient (Wildman–Crippen LogP) is 6.70. The quantitative estimate of drug-likeness (QED) is 0.518. The largest absolute Gasteiger partial charge is 0.298 e. The molecule has 27 heavy (non-hydrogen) atoms. The van der Waals surface area contributed by atoms with Crippen molar-refractivity contribution in [1.82, 2.24) is 4.98 Å². The molecular formula is C23H26N2OS. The van der Waals surface area contributed by atoms with Crippen molar-refractivity contribution < 1.29 is 4.79 Å². The van der Waals surface area contributed by atoms with Crippen molar-refractivity contribution in [3.05, 3.63) is 70.6 Å². The first kappa shape index (κ1) is 19.3. The van der Waals surface area contributed by atoms with Crippen LogP contribution < -0.4 is 5.32 Å². The van der Waals surface area contributed by atoms with Gasteiger partial charge < -0.3 is 0 Å². The molecule has 2 aromatic carbocycles. The normalized spacial score (nSPS) is 12.2. The number of hydrogen-bond acceptors (Lipinski definition) is 3. The SMILES string of the molecule is CCC(C)c1ccc(-c2csc(NC(=O)c3ccc(C(C)C)cc3)n2)cc1. The van der Waals surface area contributed by atoms with Crippen molar-refractivity contribution in [2.45, 2.75) is 46.0 Å². The summed E-state index contributed by atoms with van der Waals surface area (Å²) in [7, 11) is 0. The van der Waals surface area contributed by atoms with Crippen LogP contribution in [-0.2, 0) is 0 Å². The van der Waals surface area contributed by atoms with Crippen LogP contribution in [0.2, 0.25) is 0 Å². The van der Waals surface area contributed by atoms with Gasteiger partial charge in [0, 0.05) is 16.5 Å². The molecule has 0 aliphatic rings. The number of amides is 1. The van der Waals surface area contributed by atoms with Crippen molar-refractivity contribution in [3.8, 4) is 11.3 Å². The fraction of sp³-hybridized carbons (Fsp3) is 0.304. The van der Waals surface area contributed by atoms with Crippen LogP contribution in [0.5, 0.6) is 0 Å². The van der Waals surface area contributed by atoms with Crippen LogP contribution in [0.15, 0.2) is 53.9 Å². The summed E-state index contributed by atoms with van der Waals surface area (Å²) in [5, 5.41) is 5.51. The van der Waals surface area contributed by atoms with Gasteiger partial charge in [-0.1, -0.05) is 64.1 Å². The lowest BCUT2D eigenvalue weighted by molar-refractivity contribution is 0.102. The second-order valence-corrected chi connectivity index (χ2v) is 8.06. The molecule has 0 aliphatic heterocycles. The number of nitrogens with zero attached hydrogens (tertiary/aromatic N) is 1. The van der Waals surface area contributed by atoms with E-state index in [1.165, 1.54) is 22.5 Å². The average Bonchev–Trinajstić information content (AvgIpc) is 3.16. The fourth-order valence-corrected chi connectivity index (χ4v) is 3.59. The van der Waals surface area contributed by atoms with Crippen LogP contribution in [0.4, 0.5) is 5.13 Å². The molecule has 4 heteroatoms. The fourth-order valence-electron chi connectivity index (χ4n) is 2.87. The number of nitrogens with one attached hydrogen (secondary N) is 1. The smallest absolute Gasteiger partial charge is 0.257 e. The Balaban J connectivity index is 1.69. The Morgan fingerprint density at radius 2 is 1.63 bits per heavy atom. The van der Waals surface area contributed by atoms with E-state index in [9.17, 15) is 4.79 Å². The molecule has 0 spiro atoms. The molecule has 0 fully saturated rings. The van der Waals surface area contributed by atoms with E-state index in [4.69, 9.17) is 0 Å². The first-order chi connectivity index (χ1) is 13.0.